The number of nitrogens with two attached hydrogens (primary N) is 1. The van der Waals surface area contributed by atoms with Gasteiger partial charge in [-0.1, -0.05) is 0 Å². The lowest BCUT2D eigenvalue weighted by Gasteiger charge is -2.20. The van der Waals surface area contributed by atoms with Gasteiger partial charge in [0.2, 0.25) is 5.95 Å². The van der Waals surface area contributed by atoms with Crippen molar-refractivity contribution in [2.24, 2.45) is 0 Å². The number of hydrogen-bond donors (Lipinski definition) is 3. The molecular weight excluding hydrogens is 342 g/mol. The summed E-state index contributed by atoms with van der Waals surface area (Å²) in [4.78, 5) is 22.6. The number of aliphatic hydroxyl groups excluding tert-OH is 1. The van der Waals surface area contributed by atoms with E-state index in [1.54, 1.807) is 11.7 Å². The molecule has 4 N–H and O–H groups in total. The molecule has 26 heavy (non-hydrogen) atoms. The monoisotopic (exact) mass is 365 g/mol. The van der Waals surface area contributed by atoms with Crippen molar-refractivity contribution in [2.75, 3.05) is 33.2 Å². The predicted octanol–water partition coefficient (Wildman–Crippen LogP) is -0.347. The van der Waals surface area contributed by atoms with E-state index in [9.17, 15) is 4.79 Å². The molecule has 3 rings (SSSR count). The summed E-state index contributed by atoms with van der Waals surface area (Å²) in [7, 11) is 2.61. The maximum absolute atomic E-state index is 11.9. The molecule has 1 unspecified atom stereocenters. The summed E-state index contributed by atoms with van der Waals surface area (Å²) in [5.41, 5.74) is 5.79. The zero-order chi connectivity index (χ0) is 19.1. The van der Waals surface area contributed by atoms with Crippen LogP contribution in [0.5, 0.6) is 0 Å². The van der Waals surface area contributed by atoms with Crippen LogP contribution in [0.15, 0.2) is 11.1 Å². The van der Waals surface area contributed by atoms with Gasteiger partial charge in [0.05, 0.1) is 25.6 Å². The van der Waals surface area contributed by atoms with Crippen LogP contribution < -0.4 is 11.3 Å². The molecule has 0 aliphatic carbocycles. The number of terminal acetylenes is 1. The van der Waals surface area contributed by atoms with Crippen LogP contribution in [0.1, 0.15) is 19.1 Å². The van der Waals surface area contributed by atoms with Crippen LogP contribution in [0.3, 0.4) is 0 Å². The second kappa shape index (κ2) is 9.30. The quantitative estimate of drug-likeness (QED) is 0.467. The summed E-state index contributed by atoms with van der Waals surface area (Å²) in [5.74, 6) is 2.56. The first-order valence-corrected chi connectivity index (χ1v) is 8.00. The first kappa shape index (κ1) is 19.9. The Morgan fingerprint density at radius 3 is 3.04 bits per heavy atom. The summed E-state index contributed by atoms with van der Waals surface area (Å²) >= 11 is 0. The standard InChI is InChI=1S/C15H19N5O4.CH4O/c1-3-4-5-23-10-6-9(7-22-2)24-14(10)20-8-17-11-12(20)18-15(16)19-13(11)21;1-2/h1,8-10,14H,4-7H2,2H3,(H3,16,18,19,21);2H,1H3/t9-,10?,14+;/m0./s1. The molecule has 1 fully saturated rings. The van der Waals surface area contributed by atoms with E-state index < -0.39 is 11.8 Å². The number of aromatic nitrogens is 4. The number of aliphatic hydroxyl groups is 1. The van der Waals surface area contributed by atoms with E-state index in [0.29, 0.717) is 31.7 Å². The van der Waals surface area contributed by atoms with Crippen LogP contribution >= 0.6 is 0 Å². The molecule has 0 bridgehead atoms. The van der Waals surface area contributed by atoms with Crippen molar-refractivity contribution < 1.29 is 19.3 Å². The van der Waals surface area contributed by atoms with E-state index in [-0.39, 0.29) is 23.7 Å². The molecule has 0 spiro atoms. The summed E-state index contributed by atoms with van der Waals surface area (Å²) < 4.78 is 18.7. The fraction of sp³-hybridized carbons (Fsp3) is 0.562. The van der Waals surface area contributed by atoms with Gasteiger partial charge in [0.25, 0.3) is 5.56 Å². The zero-order valence-electron chi connectivity index (χ0n) is 14.7. The van der Waals surface area contributed by atoms with Crippen LogP contribution in [0.4, 0.5) is 5.95 Å². The number of nitrogens with zero attached hydrogens (tertiary/aromatic N) is 3. The lowest BCUT2D eigenvalue weighted by molar-refractivity contribution is -0.0711. The number of hydrogen-bond acceptors (Lipinski definition) is 8. The lowest BCUT2D eigenvalue weighted by Crippen LogP contribution is -2.23. The molecule has 3 atom stereocenters. The van der Waals surface area contributed by atoms with Crippen molar-refractivity contribution >= 4 is 17.1 Å². The highest BCUT2D eigenvalue weighted by atomic mass is 16.6. The van der Waals surface area contributed by atoms with Gasteiger partial charge in [-0.2, -0.15) is 4.98 Å². The highest BCUT2D eigenvalue weighted by Gasteiger charge is 2.38. The van der Waals surface area contributed by atoms with Gasteiger partial charge in [0, 0.05) is 27.1 Å². The van der Waals surface area contributed by atoms with Crippen LogP contribution in [0, 0.1) is 12.3 Å². The minimum Gasteiger partial charge on any atom is -0.400 e. The Morgan fingerprint density at radius 1 is 1.58 bits per heavy atom. The minimum absolute atomic E-state index is 0.0190. The Hall–Kier alpha value is -2.45. The van der Waals surface area contributed by atoms with Gasteiger partial charge in [-0.25, -0.2) is 4.98 Å². The van der Waals surface area contributed by atoms with Crippen molar-refractivity contribution in [3.8, 4) is 12.3 Å². The van der Waals surface area contributed by atoms with E-state index in [4.69, 9.17) is 31.5 Å². The van der Waals surface area contributed by atoms with E-state index in [0.717, 1.165) is 7.11 Å². The van der Waals surface area contributed by atoms with Crippen LogP contribution in [-0.2, 0) is 14.2 Å². The molecule has 142 valence electrons. The summed E-state index contributed by atoms with van der Waals surface area (Å²) in [6, 6.07) is 0. The van der Waals surface area contributed by atoms with Crippen LogP contribution in [0.25, 0.3) is 11.2 Å². The first-order chi connectivity index (χ1) is 12.6. The molecule has 0 aromatic carbocycles. The molecule has 2 aromatic heterocycles. The average Bonchev–Trinajstić information content (AvgIpc) is 3.21. The van der Waals surface area contributed by atoms with Gasteiger partial charge in [-0.05, 0) is 0 Å². The summed E-state index contributed by atoms with van der Waals surface area (Å²) in [6.45, 7) is 0.859. The third-order valence-corrected chi connectivity index (χ3v) is 3.80. The molecule has 1 aliphatic rings. The molecule has 0 saturated carbocycles. The number of anilines is 1. The van der Waals surface area contributed by atoms with E-state index in [1.807, 2.05) is 0 Å². The Kier molecular flexibility index (Phi) is 7.11. The number of H-pyrrole nitrogens is 1. The van der Waals surface area contributed by atoms with Crippen LogP contribution in [-0.4, -0.2) is 64.3 Å². The summed E-state index contributed by atoms with van der Waals surface area (Å²) in [5, 5.41) is 7.00. The topological polar surface area (TPSA) is 138 Å². The smallest absolute Gasteiger partial charge is 0.280 e. The largest absolute Gasteiger partial charge is 0.400 e. The number of aromatic amines is 1. The predicted molar refractivity (Wildman–Crippen MR) is 94.3 cm³/mol. The number of nitrogen functional groups attached to an aromatic ring is 1. The average molecular weight is 365 g/mol. The zero-order valence-corrected chi connectivity index (χ0v) is 14.7. The maximum atomic E-state index is 11.9. The van der Waals surface area contributed by atoms with E-state index in [1.165, 1.54) is 6.33 Å². The van der Waals surface area contributed by atoms with E-state index in [2.05, 4.69) is 20.9 Å². The Morgan fingerprint density at radius 2 is 2.35 bits per heavy atom. The SMILES string of the molecule is C#CCCOC1C[C@@H](COC)O[C@H]1n1cnc2c(=O)[nH]c(N)nc21.CO. The van der Waals surface area contributed by atoms with Crippen molar-refractivity contribution in [1.29, 1.82) is 0 Å². The number of fused-ring (bicyclic) bond motifs is 1. The van der Waals surface area contributed by atoms with Crippen molar-refractivity contribution in [2.45, 2.75) is 31.3 Å². The molecule has 10 heteroatoms. The Bertz CT molecular complexity index is 811. The van der Waals surface area contributed by atoms with Gasteiger partial charge in [-0.15, -0.1) is 12.3 Å². The van der Waals surface area contributed by atoms with Gasteiger partial charge < -0.3 is 25.1 Å². The third-order valence-electron chi connectivity index (χ3n) is 3.80. The molecule has 10 nitrogen and oxygen atoms in total. The van der Waals surface area contributed by atoms with Gasteiger partial charge in [0.1, 0.15) is 6.10 Å². The second-order valence-corrected chi connectivity index (χ2v) is 5.48. The fourth-order valence-electron chi connectivity index (χ4n) is 2.80. The van der Waals surface area contributed by atoms with E-state index >= 15 is 0 Å². The Balaban J connectivity index is 0.00000117. The van der Waals surface area contributed by atoms with Crippen molar-refractivity contribution in [3.05, 3.63) is 16.7 Å². The van der Waals surface area contributed by atoms with Gasteiger partial charge in [0.15, 0.2) is 17.4 Å². The van der Waals surface area contributed by atoms with Gasteiger partial charge >= 0.3 is 0 Å². The first-order valence-electron chi connectivity index (χ1n) is 8.00. The van der Waals surface area contributed by atoms with Gasteiger partial charge in [-0.3, -0.25) is 14.3 Å². The fourth-order valence-corrected chi connectivity index (χ4v) is 2.80. The minimum atomic E-state index is -0.485. The molecule has 2 aromatic rings. The molecule has 0 amide bonds. The highest BCUT2D eigenvalue weighted by molar-refractivity contribution is 5.70. The molecular formula is C16H23N5O5. The summed E-state index contributed by atoms with van der Waals surface area (Å²) in [6.07, 6.45) is 7.05. The van der Waals surface area contributed by atoms with Crippen LogP contribution in [0.2, 0.25) is 0 Å². The number of ether oxygens (including phenoxy) is 3. The number of imidazole rings is 1. The number of nitrogens with one attached hydrogen (secondary N) is 1. The maximum Gasteiger partial charge on any atom is 0.280 e. The Labute approximate surface area is 150 Å². The highest BCUT2D eigenvalue weighted by Crippen LogP contribution is 2.33. The number of rotatable bonds is 6. The molecule has 1 aliphatic heterocycles. The molecule has 0 radical (unpaired) electrons. The lowest BCUT2D eigenvalue weighted by atomic mass is 10.2. The molecule has 1 saturated heterocycles. The molecule has 3 heterocycles. The van der Waals surface area contributed by atoms with Crippen molar-refractivity contribution in [1.82, 2.24) is 19.5 Å². The third kappa shape index (κ3) is 4.20. The normalized spacial score (nSPS) is 22.0. The number of methoxy groups -OCH3 is 1. The van der Waals surface area contributed by atoms with Crippen molar-refractivity contribution in [3.63, 3.8) is 0 Å². The second-order valence-electron chi connectivity index (χ2n) is 5.48.